The van der Waals surface area contributed by atoms with E-state index in [0.717, 1.165) is 25.7 Å². The second-order valence-corrected chi connectivity index (χ2v) is 10.1. The quantitative estimate of drug-likeness (QED) is 0.327. The lowest BCUT2D eigenvalue weighted by Gasteiger charge is -2.19. The number of fused-ring (bicyclic) bond motifs is 1. The number of rotatable bonds is 4. The molecule has 2 aromatic rings. The Hall–Kier alpha value is -2.90. The van der Waals surface area contributed by atoms with Crippen LogP contribution >= 0.6 is 23.2 Å². The monoisotopic (exact) mass is 514 g/mol. The molecule has 2 aliphatic heterocycles. The van der Waals surface area contributed by atoms with Crippen molar-refractivity contribution >= 4 is 58.3 Å². The van der Waals surface area contributed by atoms with Crippen molar-refractivity contribution in [3.63, 3.8) is 0 Å². The summed E-state index contributed by atoms with van der Waals surface area (Å²) in [5.74, 6) is -1.90. The van der Waals surface area contributed by atoms with E-state index in [1.165, 1.54) is 9.80 Å². The van der Waals surface area contributed by atoms with Gasteiger partial charge in [-0.1, -0.05) is 42.1 Å². The fourth-order valence-corrected chi connectivity index (χ4v) is 5.74. The highest BCUT2D eigenvalue weighted by atomic mass is 35.5. The van der Waals surface area contributed by atoms with Crippen LogP contribution in [0.2, 0.25) is 10.0 Å². The van der Waals surface area contributed by atoms with Gasteiger partial charge in [-0.05, 0) is 55.7 Å². The van der Waals surface area contributed by atoms with Gasteiger partial charge in [-0.3, -0.25) is 19.2 Å². The maximum atomic E-state index is 12.9. The van der Waals surface area contributed by atoms with Gasteiger partial charge in [-0.25, -0.2) is 4.90 Å². The van der Waals surface area contributed by atoms with Gasteiger partial charge in [0.1, 0.15) is 5.75 Å². The van der Waals surface area contributed by atoms with E-state index in [0.29, 0.717) is 27.7 Å². The normalized spacial score (nSPS) is 24.2. The Morgan fingerprint density at radius 3 is 2.31 bits per heavy atom. The molecule has 5 rings (SSSR count). The minimum absolute atomic E-state index is 0.00169. The molecule has 1 aliphatic carbocycles. The summed E-state index contributed by atoms with van der Waals surface area (Å²) in [4.78, 5) is 54.0. The predicted octanol–water partition coefficient (Wildman–Crippen LogP) is 4.94. The predicted molar refractivity (Wildman–Crippen MR) is 132 cm³/mol. The third-order valence-electron chi connectivity index (χ3n) is 7.15. The molecule has 0 bridgehead atoms. The van der Waals surface area contributed by atoms with E-state index >= 15 is 0 Å². The molecule has 2 aromatic carbocycles. The van der Waals surface area contributed by atoms with Crippen molar-refractivity contribution in [1.29, 1.82) is 0 Å². The van der Waals surface area contributed by atoms with E-state index in [1.807, 2.05) is 0 Å². The zero-order valence-electron chi connectivity index (χ0n) is 19.1. The van der Waals surface area contributed by atoms with Gasteiger partial charge in [0, 0.05) is 13.0 Å². The van der Waals surface area contributed by atoms with Crippen molar-refractivity contribution in [2.24, 2.45) is 17.8 Å². The number of aryl methyl sites for hydroxylation is 1. The van der Waals surface area contributed by atoms with Crippen LogP contribution < -0.4 is 14.5 Å². The number of halogens is 2. The highest BCUT2D eigenvalue weighted by Gasteiger charge is 2.49. The van der Waals surface area contributed by atoms with Gasteiger partial charge >= 0.3 is 5.97 Å². The Labute approximate surface area is 212 Å². The molecule has 3 fully saturated rings. The molecule has 2 saturated heterocycles. The van der Waals surface area contributed by atoms with Crippen LogP contribution in [0, 0.1) is 24.7 Å². The summed E-state index contributed by atoms with van der Waals surface area (Å²) in [6.45, 7) is 1.91. The summed E-state index contributed by atoms with van der Waals surface area (Å²) in [5, 5.41) is 0.585. The summed E-state index contributed by atoms with van der Waals surface area (Å²) in [7, 11) is 0. The molecule has 0 unspecified atom stereocenters. The highest BCUT2D eigenvalue weighted by molar-refractivity contribution is 6.44. The van der Waals surface area contributed by atoms with Crippen LogP contribution in [-0.2, 0) is 19.2 Å². The van der Waals surface area contributed by atoms with Crippen molar-refractivity contribution in [2.75, 3.05) is 16.3 Å². The number of anilines is 2. The number of hydrogen-bond acceptors (Lipinski definition) is 5. The molecule has 1 saturated carbocycles. The Morgan fingerprint density at radius 1 is 0.971 bits per heavy atom. The molecule has 7 nitrogen and oxygen atoms in total. The summed E-state index contributed by atoms with van der Waals surface area (Å²) in [6.07, 6.45) is 3.42. The highest BCUT2D eigenvalue weighted by Crippen LogP contribution is 2.41. The first kappa shape index (κ1) is 23.8. The maximum Gasteiger partial charge on any atom is 0.316 e. The minimum Gasteiger partial charge on any atom is -0.426 e. The number of carbonyl (C=O) groups is 4. The summed E-state index contributed by atoms with van der Waals surface area (Å²) >= 11 is 12.3. The van der Waals surface area contributed by atoms with E-state index in [4.69, 9.17) is 27.9 Å². The van der Waals surface area contributed by atoms with Crippen molar-refractivity contribution in [2.45, 2.75) is 39.0 Å². The van der Waals surface area contributed by atoms with E-state index in [9.17, 15) is 19.2 Å². The molecule has 2 heterocycles. The minimum atomic E-state index is -0.664. The number of benzene rings is 2. The van der Waals surface area contributed by atoms with Gasteiger partial charge in [0.05, 0.1) is 39.2 Å². The summed E-state index contributed by atoms with van der Waals surface area (Å²) in [6, 6.07) is 9.85. The van der Waals surface area contributed by atoms with Gasteiger partial charge in [0.25, 0.3) is 0 Å². The average Bonchev–Trinajstić information content (AvgIpc) is 3.34. The first-order valence-corrected chi connectivity index (χ1v) is 12.5. The van der Waals surface area contributed by atoms with Crippen molar-refractivity contribution in [1.82, 2.24) is 0 Å². The maximum absolute atomic E-state index is 12.9. The molecular formula is C26H24Cl2N2O5. The van der Waals surface area contributed by atoms with E-state index in [-0.39, 0.29) is 47.5 Å². The lowest BCUT2D eigenvalue weighted by Crippen LogP contribution is -2.31. The number of hydrogen-bond donors (Lipinski definition) is 0. The average molecular weight is 515 g/mol. The van der Waals surface area contributed by atoms with Crippen LogP contribution in [0.3, 0.4) is 0 Å². The van der Waals surface area contributed by atoms with Crippen LogP contribution in [0.1, 0.15) is 37.7 Å². The van der Waals surface area contributed by atoms with Crippen molar-refractivity contribution in [3.05, 3.63) is 52.0 Å². The molecule has 9 heteroatoms. The van der Waals surface area contributed by atoms with Crippen molar-refractivity contribution < 1.29 is 23.9 Å². The summed E-state index contributed by atoms with van der Waals surface area (Å²) in [5.41, 5.74) is 1.64. The molecule has 0 N–H and O–H groups in total. The molecule has 182 valence electrons. The second kappa shape index (κ2) is 9.28. The Kier molecular flexibility index (Phi) is 6.32. The SMILES string of the molecule is Cc1cc(OC(=O)[C@@H]2CC(=O)N(c3cccc(Cl)c3Cl)C2)ccc1N1C(=O)[C@H]2CCCC[C@@H]2C1=O. The molecule has 3 aliphatic rings. The molecule has 35 heavy (non-hydrogen) atoms. The Balaban J connectivity index is 1.29. The van der Waals surface area contributed by atoms with E-state index in [2.05, 4.69) is 0 Å². The first-order valence-electron chi connectivity index (χ1n) is 11.7. The van der Waals surface area contributed by atoms with Gasteiger partial charge < -0.3 is 9.64 Å². The number of esters is 1. The lowest BCUT2D eigenvalue weighted by atomic mass is 9.81. The fraction of sp³-hybridized carbons (Fsp3) is 0.385. The van der Waals surface area contributed by atoms with Crippen LogP contribution in [0.25, 0.3) is 0 Å². The molecule has 3 amide bonds. The van der Waals surface area contributed by atoms with Crippen LogP contribution in [0.5, 0.6) is 5.75 Å². The Morgan fingerprint density at radius 2 is 1.66 bits per heavy atom. The molecule has 0 aromatic heterocycles. The number of amides is 3. The number of ether oxygens (including phenoxy) is 1. The first-order chi connectivity index (χ1) is 16.8. The van der Waals surface area contributed by atoms with Gasteiger partial charge in [0.2, 0.25) is 17.7 Å². The largest absolute Gasteiger partial charge is 0.426 e. The molecule has 0 spiro atoms. The number of nitrogens with zero attached hydrogens (tertiary/aromatic N) is 2. The smallest absolute Gasteiger partial charge is 0.316 e. The zero-order valence-corrected chi connectivity index (χ0v) is 20.6. The summed E-state index contributed by atoms with van der Waals surface area (Å²) < 4.78 is 5.57. The van der Waals surface area contributed by atoms with Gasteiger partial charge in [0.15, 0.2) is 0 Å². The fourth-order valence-electron chi connectivity index (χ4n) is 5.34. The zero-order chi connectivity index (χ0) is 24.9. The van der Waals surface area contributed by atoms with Crippen LogP contribution in [0.4, 0.5) is 11.4 Å². The van der Waals surface area contributed by atoms with Crippen LogP contribution in [0.15, 0.2) is 36.4 Å². The third-order valence-corrected chi connectivity index (χ3v) is 7.96. The molecular weight excluding hydrogens is 491 g/mol. The van der Waals surface area contributed by atoms with Gasteiger partial charge in [-0.2, -0.15) is 0 Å². The second-order valence-electron chi connectivity index (χ2n) is 9.36. The topological polar surface area (TPSA) is 84.0 Å². The Bertz CT molecular complexity index is 1220. The third kappa shape index (κ3) is 4.21. The van der Waals surface area contributed by atoms with E-state index in [1.54, 1.807) is 43.3 Å². The lowest BCUT2D eigenvalue weighted by molar-refractivity contribution is -0.139. The van der Waals surface area contributed by atoms with Crippen molar-refractivity contribution in [3.8, 4) is 5.75 Å². The van der Waals surface area contributed by atoms with Crippen LogP contribution in [-0.4, -0.2) is 30.2 Å². The number of imide groups is 1. The molecule has 3 atom stereocenters. The standard InChI is InChI=1S/C26H24Cl2N2O5/c1-14-11-16(9-10-20(14)30-24(32)17-5-2-3-6-18(17)25(30)33)35-26(34)15-12-22(31)29(13-15)21-8-4-7-19(27)23(21)28/h4,7-11,15,17-18H,2-3,5-6,12-13H2,1H3/t15-,17+,18+/m1/s1. The molecule has 0 radical (unpaired) electrons. The van der Waals surface area contributed by atoms with Gasteiger partial charge in [-0.15, -0.1) is 0 Å². The number of carbonyl (C=O) groups excluding carboxylic acids is 4. The van der Waals surface area contributed by atoms with E-state index < -0.39 is 11.9 Å².